The molecule has 31 heavy (non-hydrogen) atoms. The normalized spacial score (nSPS) is 15.4. The number of esters is 2. The fourth-order valence-corrected chi connectivity index (χ4v) is 4.71. The second-order valence-electron chi connectivity index (χ2n) is 7.15. The number of rotatable bonds is 9. The number of carbonyl (C=O) groups is 3. The van der Waals surface area contributed by atoms with Gasteiger partial charge in [0, 0.05) is 11.3 Å². The van der Waals surface area contributed by atoms with Crippen molar-refractivity contribution in [3.63, 3.8) is 0 Å². The summed E-state index contributed by atoms with van der Waals surface area (Å²) in [5, 5.41) is 3.78. The van der Waals surface area contributed by atoms with Crippen molar-refractivity contribution in [2.75, 3.05) is 19.0 Å². The van der Waals surface area contributed by atoms with E-state index < -0.39 is 29.7 Å². The molecule has 7 nitrogen and oxygen atoms in total. The third-order valence-electron chi connectivity index (χ3n) is 4.95. The van der Waals surface area contributed by atoms with Gasteiger partial charge in [0.2, 0.25) is 5.91 Å². The smallest absolute Gasteiger partial charge is 0.441 e. The molecule has 1 aliphatic carbocycles. The van der Waals surface area contributed by atoms with Crippen molar-refractivity contribution in [2.24, 2.45) is 0 Å². The van der Waals surface area contributed by atoms with E-state index in [9.17, 15) is 27.6 Å². The van der Waals surface area contributed by atoms with E-state index in [1.165, 1.54) is 6.92 Å². The van der Waals surface area contributed by atoms with Gasteiger partial charge in [0.1, 0.15) is 5.00 Å². The summed E-state index contributed by atoms with van der Waals surface area (Å²) in [5.74, 6) is -3.46. The molecule has 0 saturated carbocycles. The molecule has 0 radical (unpaired) electrons. The van der Waals surface area contributed by atoms with Crippen molar-refractivity contribution in [2.45, 2.75) is 70.6 Å². The summed E-state index contributed by atoms with van der Waals surface area (Å²) in [7, 11) is 1.13. The van der Waals surface area contributed by atoms with E-state index in [1.54, 1.807) is 6.92 Å². The quantitative estimate of drug-likeness (QED) is 0.425. The summed E-state index contributed by atoms with van der Waals surface area (Å²) in [6.45, 7) is 2.82. The van der Waals surface area contributed by atoms with Crippen LogP contribution in [0.5, 0.6) is 0 Å². The number of thiophene rings is 1. The van der Waals surface area contributed by atoms with Crippen LogP contribution in [-0.2, 0) is 31.9 Å². The molecular weight excluding hydrogens is 437 g/mol. The fourth-order valence-electron chi connectivity index (χ4n) is 3.38. The highest BCUT2D eigenvalue weighted by atomic mass is 32.1. The molecule has 2 rings (SSSR count). The van der Waals surface area contributed by atoms with Crippen molar-refractivity contribution in [1.82, 2.24) is 5.32 Å². The minimum atomic E-state index is -5.25. The number of halogens is 3. The van der Waals surface area contributed by atoms with Crippen molar-refractivity contribution < 1.29 is 37.0 Å². The van der Waals surface area contributed by atoms with Crippen LogP contribution in [0.4, 0.5) is 18.2 Å². The Morgan fingerprint density at radius 3 is 2.39 bits per heavy atom. The SMILES string of the molecule is CCCCC(=O)NC(Nc1sc2c(c1C(=O)OC)CCCC2)(C(=O)OCC)C(F)(F)F. The molecular formula is C20H27F3N2O5S. The Labute approximate surface area is 182 Å². The molecule has 0 aliphatic heterocycles. The van der Waals surface area contributed by atoms with Crippen LogP contribution in [0.3, 0.4) is 0 Å². The van der Waals surface area contributed by atoms with E-state index in [2.05, 4.69) is 5.32 Å². The minimum Gasteiger partial charge on any atom is -0.465 e. The zero-order valence-corrected chi connectivity index (χ0v) is 18.6. The lowest BCUT2D eigenvalue weighted by molar-refractivity contribution is -0.207. The lowest BCUT2D eigenvalue weighted by Gasteiger charge is -2.35. The molecule has 1 aliphatic rings. The molecule has 0 saturated heterocycles. The zero-order valence-electron chi connectivity index (χ0n) is 17.7. The standard InChI is InChI=1S/C20H27F3N2O5S/c1-4-6-11-14(26)24-19(20(21,22)23,18(28)30-5-2)25-16-15(17(27)29-3)12-9-7-8-10-13(12)31-16/h25H,4-11H2,1-3H3,(H,24,26). The van der Waals surface area contributed by atoms with Crippen molar-refractivity contribution in [1.29, 1.82) is 0 Å². The third kappa shape index (κ3) is 5.31. The number of anilines is 1. The van der Waals surface area contributed by atoms with Gasteiger partial charge in [-0.25, -0.2) is 9.59 Å². The van der Waals surface area contributed by atoms with E-state index >= 15 is 0 Å². The maximum absolute atomic E-state index is 14.3. The predicted octanol–water partition coefficient (Wildman–Crippen LogP) is 3.95. The first-order valence-electron chi connectivity index (χ1n) is 10.2. The Morgan fingerprint density at radius 2 is 1.81 bits per heavy atom. The van der Waals surface area contributed by atoms with Gasteiger partial charge in [-0.3, -0.25) is 4.79 Å². The van der Waals surface area contributed by atoms with Crippen LogP contribution in [0.25, 0.3) is 0 Å². The Hall–Kier alpha value is -2.30. The molecule has 0 bridgehead atoms. The van der Waals surface area contributed by atoms with Crippen LogP contribution in [-0.4, -0.2) is 43.4 Å². The number of aryl methyl sites for hydroxylation is 1. The predicted molar refractivity (Wildman–Crippen MR) is 109 cm³/mol. The lowest BCUT2D eigenvalue weighted by Crippen LogP contribution is -2.69. The van der Waals surface area contributed by atoms with E-state index in [1.807, 2.05) is 5.32 Å². The number of amides is 1. The average Bonchev–Trinajstić information content (AvgIpc) is 3.08. The zero-order chi connectivity index (χ0) is 23.2. The van der Waals surface area contributed by atoms with Gasteiger partial charge >= 0.3 is 23.8 Å². The number of hydrogen-bond acceptors (Lipinski definition) is 7. The first kappa shape index (κ1) is 25.0. The van der Waals surface area contributed by atoms with Crippen molar-refractivity contribution in [3.05, 3.63) is 16.0 Å². The number of methoxy groups -OCH3 is 1. The van der Waals surface area contributed by atoms with Gasteiger partial charge < -0.3 is 20.1 Å². The second kappa shape index (κ2) is 10.3. The first-order valence-corrected chi connectivity index (χ1v) is 11.0. The van der Waals surface area contributed by atoms with Crippen LogP contribution in [0, 0.1) is 0 Å². The number of fused-ring (bicyclic) bond motifs is 1. The number of nitrogens with one attached hydrogen (secondary N) is 2. The van der Waals surface area contributed by atoms with Crippen LogP contribution in [0.1, 0.15) is 66.8 Å². The number of ether oxygens (including phenoxy) is 2. The minimum absolute atomic E-state index is 0.0390. The average molecular weight is 465 g/mol. The maximum Gasteiger partial charge on any atom is 0.441 e. The van der Waals surface area contributed by atoms with E-state index in [-0.39, 0.29) is 23.6 Å². The Kier molecular flexibility index (Phi) is 8.33. The number of hydrogen-bond donors (Lipinski definition) is 2. The highest BCUT2D eigenvalue weighted by Gasteiger charge is 2.64. The van der Waals surface area contributed by atoms with Crippen molar-refractivity contribution >= 4 is 34.2 Å². The molecule has 0 spiro atoms. The molecule has 1 unspecified atom stereocenters. The molecule has 0 fully saturated rings. The first-order chi connectivity index (χ1) is 14.6. The van der Waals surface area contributed by atoms with E-state index in [0.29, 0.717) is 31.2 Å². The Morgan fingerprint density at radius 1 is 1.13 bits per heavy atom. The van der Waals surface area contributed by atoms with Gasteiger partial charge in [0.05, 0.1) is 19.3 Å². The number of alkyl halides is 3. The molecule has 11 heteroatoms. The van der Waals surface area contributed by atoms with Crippen molar-refractivity contribution in [3.8, 4) is 0 Å². The van der Waals surface area contributed by atoms with Gasteiger partial charge in [0.15, 0.2) is 0 Å². The number of unbranched alkanes of at least 4 members (excludes halogenated alkanes) is 1. The molecule has 1 heterocycles. The highest BCUT2D eigenvalue weighted by molar-refractivity contribution is 7.16. The molecule has 0 aromatic carbocycles. The molecule has 1 aromatic heterocycles. The van der Waals surface area contributed by atoms with Crippen LogP contribution in [0.2, 0.25) is 0 Å². The molecule has 1 aromatic rings. The number of carbonyl (C=O) groups excluding carboxylic acids is 3. The summed E-state index contributed by atoms with van der Waals surface area (Å²) < 4.78 is 52.5. The second-order valence-corrected chi connectivity index (χ2v) is 8.26. The Bertz CT molecular complexity index is 824. The largest absolute Gasteiger partial charge is 0.465 e. The van der Waals surface area contributed by atoms with Crippen LogP contribution in [0.15, 0.2) is 0 Å². The van der Waals surface area contributed by atoms with Gasteiger partial charge in [-0.05, 0) is 44.6 Å². The molecule has 1 atom stereocenters. The summed E-state index contributed by atoms with van der Waals surface area (Å²) in [6, 6.07) is 0. The van der Waals surface area contributed by atoms with Crippen LogP contribution >= 0.6 is 11.3 Å². The lowest BCUT2D eigenvalue weighted by atomic mass is 9.95. The highest BCUT2D eigenvalue weighted by Crippen LogP contribution is 2.42. The molecule has 174 valence electrons. The van der Waals surface area contributed by atoms with Gasteiger partial charge in [0.25, 0.3) is 0 Å². The van der Waals surface area contributed by atoms with Crippen LogP contribution < -0.4 is 10.6 Å². The Balaban J connectivity index is 2.59. The molecule has 2 N–H and O–H groups in total. The monoisotopic (exact) mass is 464 g/mol. The fraction of sp³-hybridized carbons (Fsp3) is 0.650. The van der Waals surface area contributed by atoms with E-state index in [0.717, 1.165) is 36.2 Å². The summed E-state index contributed by atoms with van der Waals surface area (Å²) in [4.78, 5) is 38.1. The topological polar surface area (TPSA) is 93.7 Å². The molecule has 1 amide bonds. The van der Waals surface area contributed by atoms with Gasteiger partial charge in [-0.2, -0.15) is 13.2 Å². The van der Waals surface area contributed by atoms with Gasteiger partial charge in [-0.1, -0.05) is 13.3 Å². The van der Waals surface area contributed by atoms with E-state index in [4.69, 9.17) is 9.47 Å². The summed E-state index contributed by atoms with van der Waals surface area (Å²) in [6.07, 6.45) is -1.77. The summed E-state index contributed by atoms with van der Waals surface area (Å²) in [5.41, 5.74) is -2.96. The summed E-state index contributed by atoms with van der Waals surface area (Å²) >= 11 is 0.958. The van der Waals surface area contributed by atoms with Gasteiger partial charge in [-0.15, -0.1) is 11.3 Å². The third-order valence-corrected chi connectivity index (χ3v) is 6.16. The maximum atomic E-state index is 14.3.